The molecule has 156 valence electrons. The lowest BCUT2D eigenvalue weighted by molar-refractivity contribution is 0.585. The molecular weight excluding hydrogens is 527 g/mol. The third kappa shape index (κ3) is 3.31. The maximum atomic E-state index is 13.7. The molecule has 4 aromatic rings. The monoisotopic (exact) mass is 546 g/mol. The van der Waals surface area contributed by atoms with Crippen molar-refractivity contribution in [2.24, 2.45) is 4.99 Å². The van der Waals surface area contributed by atoms with Crippen LogP contribution in [0.25, 0.3) is 11.8 Å². The summed E-state index contributed by atoms with van der Waals surface area (Å²) in [6, 6.07) is 27.0. The van der Waals surface area contributed by atoms with Crippen LogP contribution in [0.2, 0.25) is 0 Å². The summed E-state index contributed by atoms with van der Waals surface area (Å²) in [7, 11) is 0. The van der Waals surface area contributed by atoms with Crippen LogP contribution in [-0.2, 0) is 6.42 Å². The van der Waals surface area contributed by atoms with E-state index in [1.807, 2.05) is 41.0 Å². The Bertz CT molecular complexity index is 1560. The van der Waals surface area contributed by atoms with E-state index >= 15 is 0 Å². The van der Waals surface area contributed by atoms with Gasteiger partial charge in [-0.05, 0) is 75.9 Å². The zero-order valence-electron chi connectivity index (χ0n) is 17.2. The number of halogens is 1. The van der Waals surface area contributed by atoms with E-state index in [2.05, 4.69) is 71.1 Å². The van der Waals surface area contributed by atoms with Gasteiger partial charge in [-0.3, -0.25) is 9.36 Å². The van der Waals surface area contributed by atoms with Gasteiger partial charge in [0.25, 0.3) is 5.56 Å². The van der Waals surface area contributed by atoms with Crippen molar-refractivity contribution in [1.82, 2.24) is 4.57 Å². The van der Waals surface area contributed by atoms with Gasteiger partial charge in [0.1, 0.15) is 0 Å². The van der Waals surface area contributed by atoms with Crippen molar-refractivity contribution in [3.8, 4) is 0 Å². The van der Waals surface area contributed by atoms with Gasteiger partial charge >= 0.3 is 0 Å². The van der Waals surface area contributed by atoms with Crippen molar-refractivity contribution in [3.05, 3.63) is 130 Å². The minimum atomic E-state index is -0.117. The minimum Gasteiger partial charge on any atom is -0.272 e. The van der Waals surface area contributed by atoms with Gasteiger partial charge in [-0.2, -0.15) is 0 Å². The molecule has 3 aromatic carbocycles. The molecule has 32 heavy (non-hydrogen) atoms. The normalized spacial score (nSPS) is 17.4. The Morgan fingerprint density at radius 2 is 1.78 bits per heavy atom. The van der Waals surface area contributed by atoms with Crippen LogP contribution in [0.4, 0.5) is 0 Å². The Hall–Kier alpha value is -2.77. The fraction of sp³-hybridized carbons (Fsp3) is 0.111. The number of hydrogen-bond donors (Lipinski definition) is 0. The van der Waals surface area contributed by atoms with E-state index in [-0.39, 0.29) is 11.6 Å². The number of allylic oxidation sites excluding steroid dienone is 1. The quantitative estimate of drug-likeness (QED) is 0.329. The number of aryl methyl sites for hydroxylation is 1. The van der Waals surface area contributed by atoms with Gasteiger partial charge in [0.05, 0.1) is 16.3 Å². The Morgan fingerprint density at radius 1 is 0.969 bits per heavy atom. The first-order chi connectivity index (χ1) is 15.7. The van der Waals surface area contributed by atoms with Gasteiger partial charge in [0.2, 0.25) is 0 Å². The smallest absolute Gasteiger partial charge is 0.271 e. The molecule has 0 fully saturated rings. The highest BCUT2D eigenvalue weighted by Gasteiger charge is 2.32. The SMILES string of the molecule is O=c1c(=Cc2cccc(I)c2)sc2n1C(c1ccccc1)C1=C(N=2)c2ccccc2CC1. The van der Waals surface area contributed by atoms with Crippen LogP contribution in [0.15, 0.2) is 94.2 Å². The number of nitrogens with zero attached hydrogens (tertiary/aromatic N) is 2. The summed E-state index contributed by atoms with van der Waals surface area (Å²) in [6.07, 6.45) is 3.88. The summed E-state index contributed by atoms with van der Waals surface area (Å²) in [5.74, 6) is 0. The lowest BCUT2D eigenvalue weighted by Gasteiger charge is -2.30. The van der Waals surface area contributed by atoms with Crippen LogP contribution in [-0.4, -0.2) is 4.57 Å². The number of hydrogen-bond acceptors (Lipinski definition) is 3. The summed E-state index contributed by atoms with van der Waals surface area (Å²) < 4.78 is 3.78. The van der Waals surface area contributed by atoms with Crippen LogP contribution in [0.5, 0.6) is 0 Å². The topological polar surface area (TPSA) is 34.4 Å². The van der Waals surface area contributed by atoms with Crippen molar-refractivity contribution in [3.63, 3.8) is 0 Å². The summed E-state index contributed by atoms with van der Waals surface area (Å²) in [6.45, 7) is 0. The molecule has 3 nitrogen and oxygen atoms in total. The molecule has 0 N–H and O–H groups in total. The standard InChI is InChI=1S/C27H19IN2OS/c28-20-11-6-7-17(15-20)16-23-26(31)30-25(19-9-2-1-3-10-19)22-14-13-18-8-4-5-12-21(18)24(22)29-27(30)32-23/h1-12,15-16,25H,13-14H2. The van der Waals surface area contributed by atoms with Gasteiger partial charge in [0, 0.05) is 9.13 Å². The second-order valence-corrected chi connectivity index (χ2v) is 10.3. The van der Waals surface area contributed by atoms with Crippen LogP contribution < -0.4 is 14.9 Å². The zero-order valence-corrected chi connectivity index (χ0v) is 20.1. The van der Waals surface area contributed by atoms with Crippen molar-refractivity contribution < 1.29 is 0 Å². The van der Waals surface area contributed by atoms with Crippen molar-refractivity contribution in [2.45, 2.75) is 18.9 Å². The predicted molar refractivity (Wildman–Crippen MR) is 138 cm³/mol. The second kappa shape index (κ2) is 7.98. The molecule has 1 aromatic heterocycles. The molecular formula is C27H19IN2OS. The molecule has 0 bridgehead atoms. The molecule has 1 aliphatic heterocycles. The van der Waals surface area contributed by atoms with Crippen molar-refractivity contribution in [2.75, 3.05) is 0 Å². The van der Waals surface area contributed by atoms with Crippen molar-refractivity contribution >= 4 is 45.7 Å². The highest BCUT2D eigenvalue weighted by Crippen LogP contribution is 2.41. The van der Waals surface area contributed by atoms with E-state index in [9.17, 15) is 4.79 Å². The molecule has 6 rings (SSSR count). The molecule has 1 atom stereocenters. The first-order valence-corrected chi connectivity index (χ1v) is 12.5. The maximum Gasteiger partial charge on any atom is 0.271 e. The lowest BCUT2D eigenvalue weighted by atomic mass is 9.83. The second-order valence-electron chi connectivity index (χ2n) is 8.08. The van der Waals surface area contributed by atoms with Crippen LogP contribution in [0.3, 0.4) is 0 Å². The zero-order chi connectivity index (χ0) is 21.7. The van der Waals surface area contributed by atoms with Crippen LogP contribution in [0, 0.1) is 3.57 Å². The van der Waals surface area contributed by atoms with E-state index in [4.69, 9.17) is 4.99 Å². The molecule has 2 aliphatic rings. The van der Waals surface area contributed by atoms with Gasteiger partial charge in [-0.25, -0.2) is 4.99 Å². The van der Waals surface area contributed by atoms with E-state index in [0.717, 1.165) is 42.6 Å². The van der Waals surface area contributed by atoms with Crippen LogP contribution in [0.1, 0.15) is 34.7 Å². The summed E-state index contributed by atoms with van der Waals surface area (Å²) in [5, 5.41) is 0. The fourth-order valence-corrected chi connectivity index (χ4v) is 6.27. The Kier molecular flexibility index (Phi) is 4.96. The number of thiazole rings is 1. The Balaban J connectivity index is 1.63. The molecule has 5 heteroatoms. The van der Waals surface area contributed by atoms with Gasteiger partial charge < -0.3 is 0 Å². The average Bonchev–Trinajstić information content (AvgIpc) is 3.13. The maximum absolute atomic E-state index is 13.7. The predicted octanol–water partition coefficient (Wildman–Crippen LogP) is 4.92. The first kappa shape index (κ1) is 19.9. The highest BCUT2D eigenvalue weighted by atomic mass is 127. The molecule has 1 aliphatic carbocycles. The molecule has 0 radical (unpaired) electrons. The van der Waals surface area contributed by atoms with E-state index < -0.39 is 0 Å². The minimum absolute atomic E-state index is 0.0341. The van der Waals surface area contributed by atoms with Crippen molar-refractivity contribution in [1.29, 1.82) is 0 Å². The molecule has 0 amide bonds. The third-order valence-electron chi connectivity index (χ3n) is 6.13. The van der Waals surface area contributed by atoms with E-state index in [1.54, 1.807) is 0 Å². The first-order valence-electron chi connectivity index (χ1n) is 10.6. The lowest BCUT2D eigenvalue weighted by Crippen LogP contribution is -2.38. The highest BCUT2D eigenvalue weighted by molar-refractivity contribution is 14.1. The molecule has 0 saturated heterocycles. The number of aromatic nitrogens is 1. The van der Waals surface area contributed by atoms with Crippen LogP contribution >= 0.6 is 33.9 Å². The Morgan fingerprint density at radius 3 is 2.62 bits per heavy atom. The summed E-state index contributed by atoms with van der Waals surface area (Å²) >= 11 is 3.78. The number of fused-ring (bicyclic) bond motifs is 3. The summed E-state index contributed by atoms with van der Waals surface area (Å²) in [5.41, 5.74) is 7.02. The fourth-order valence-electron chi connectivity index (χ4n) is 4.71. The van der Waals surface area contributed by atoms with E-state index in [0.29, 0.717) is 0 Å². The molecule has 1 unspecified atom stereocenters. The molecule has 0 spiro atoms. The molecule has 0 saturated carbocycles. The molecule has 2 heterocycles. The Labute approximate surface area is 203 Å². The van der Waals surface area contributed by atoms with Gasteiger partial charge in [-0.15, -0.1) is 0 Å². The summed E-state index contributed by atoms with van der Waals surface area (Å²) in [4.78, 5) is 19.5. The van der Waals surface area contributed by atoms with Gasteiger partial charge in [-0.1, -0.05) is 78.1 Å². The van der Waals surface area contributed by atoms with Gasteiger partial charge in [0.15, 0.2) is 4.80 Å². The van der Waals surface area contributed by atoms with E-state index in [1.165, 1.54) is 28.0 Å². The largest absolute Gasteiger partial charge is 0.272 e. The third-order valence-corrected chi connectivity index (χ3v) is 7.79. The number of rotatable bonds is 2. The number of benzene rings is 3. The average molecular weight is 546 g/mol.